The minimum Gasteiger partial charge on any atom is -0.493 e. The number of hydrogen-bond acceptors (Lipinski definition) is 9. The summed E-state index contributed by atoms with van der Waals surface area (Å²) in [5.74, 6) is -1.10. The van der Waals surface area contributed by atoms with Crippen LogP contribution in [0.1, 0.15) is 134 Å². The van der Waals surface area contributed by atoms with Gasteiger partial charge in [0.15, 0.2) is 11.5 Å². The molecule has 3 aromatic carbocycles. The second kappa shape index (κ2) is 23.2. The fourth-order valence-corrected chi connectivity index (χ4v) is 11.5. The molecule has 4 atom stereocenters. The maximum absolute atomic E-state index is 14.7. The Morgan fingerprint density at radius 1 is 0.861 bits per heavy atom. The van der Waals surface area contributed by atoms with Crippen LogP contribution in [0.4, 0.5) is 14.5 Å². The number of amides is 3. The van der Waals surface area contributed by atoms with Crippen molar-refractivity contribution in [2.45, 2.75) is 142 Å². The zero-order chi connectivity index (χ0) is 51.2. The van der Waals surface area contributed by atoms with Gasteiger partial charge in [0, 0.05) is 53.2 Å². The number of unbranched alkanes of at least 4 members (excludes halogenated alkanes) is 3. The first-order chi connectivity index (χ1) is 34.5. The van der Waals surface area contributed by atoms with Gasteiger partial charge in [-0.2, -0.15) is 0 Å². The molecule has 5 aromatic rings. The normalized spacial score (nSPS) is 20.3. The van der Waals surface area contributed by atoms with Gasteiger partial charge >= 0.3 is 0 Å². The number of nitrogens with zero attached hydrogens (tertiary/aromatic N) is 2. The molecule has 0 radical (unpaired) electrons. The quantitative estimate of drug-likeness (QED) is 0.0615. The molecule has 384 valence electrons. The zero-order valence-corrected chi connectivity index (χ0v) is 43.7. The van der Waals surface area contributed by atoms with E-state index in [4.69, 9.17) is 21.1 Å². The van der Waals surface area contributed by atoms with Gasteiger partial charge in [-0.1, -0.05) is 57.8 Å². The average molecular weight is 1020 g/mol. The summed E-state index contributed by atoms with van der Waals surface area (Å²) in [5, 5.41) is 10.2. The van der Waals surface area contributed by atoms with Crippen molar-refractivity contribution in [3.05, 3.63) is 100 Å². The van der Waals surface area contributed by atoms with Crippen LogP contribution < -0.4 is 25.4 Å². The van der Waals surface area contributed by atoms with Gasteiger partial charge in [0.1, 0.15) is 17.3 Å². The molecule has 0 saturated heterocycles. The predicted molar refractivity (Wildman–Crippen MR) is 280 cm³/mol. The van der Waals surface area contributed by atoms with E-state index in [1.54, 1.807) is 47.9 Å². The number of aromatic nitrogens is 2. The van der Waals surface area contributed by atoms with Crippen LogP contribution in [0.3, 0.4) is 0 Å². The lowest BCUT2D eigenvalue weighted by molar-refractivity contribution is -0.138. The third kappa shape index (κ3) is 12.8. The summed E-state index contributed by atoms with van der Waals surface area (Å²) in [6.07, 6.45) is 10.9. The van der Waals surface area contributed by atoms with Gasteiger partial charge < -0.3 is 25.4 Å². The first-order valence-electron chi connectivity index (χ1n) is 25.7. The summed E-state index contributed by atoms with van der Waals surface area (Å²) in [5.41, 5.74) is 4.51. The number of thiazole rings is 1. The number of nitrogens with one attached hydrogen (secondary N) is 3. The Hall–Kier alpha value is -5.47. The molecule has 3 fully saturated rings. The van der Waals surface area contributed by atoms with Crippen LogP contribution in [0.15, 0.2) is 72.4 Å². The van der Waals surface area contributed by atoms with E-state index < -0.39 is 34.9 Å². The zero-order valence-electron chi connectivity index (χ0n) is 42.1. The Labute approximate surface area is 431 Å². The highest BCUT2D eigenvalue weighted by Crippen LogP contribution is 2.43. The van der Waals surface area contributed by atoms with Gasteiger partial charge in [-0.05, 0) is 155 Å². The number of alkyl halides is 1. The summed E-state index contributed by atoms with van der Waals surface area (Å²) >= 11 is 8.09. The third-order valence-electron chi connectivity index (χ3n) is 15.1. The van der Waals surface area contributed by atoms with Crippen molar-refractivity contribution in [1.29, 1.82) is 0 Å². The van der Waals surface area contributed by atoms with E-state index in [9.17, 15) is 28.0 Å². The number of ether oxygens (including phenoxy) is 2. The molecule has 1 unspecified atom stereocenters. The molecule has 3 N–H and O–H groups in total. The Morgan fingerprint density at radius 3 is 2.28 bits per heavy atom. The molecule has 2 aromatic heterocycles. The third-order valence-corrected chi connectivity index (χ3v) is 16.4. The highest BCUT2D eigenvalue weighted by atomic mass is 35.5. The number of pyridine rings is 1. The van der Waals surface area contributed by atoms with Gasteiger partial charge in [0.25, 0.3) is 5.91 Å². The largest absolute Gasteiger partial charge is 0.493 e. The van der Waals surface area contributed by atoms with Crippen molar-refractivity contribution >= 4 is 63.0 Å². The van der Waals surface area contributed by atoms with Crippen LogP contribution in [-0.4, -0.2) is 58.4 Å². The first-order valence-corrected chi connectivity index (χ1v) is 27.0. The number of Topliss-reactive ketones (excluding diaryl/α,β-unsaturated/α-hetero) is 1. The molecule has 2 heterocycles. The van der Waals surface area contributed by atoms with Crippen molar-refractivity contribution in [1.82, 2.24) is 20.6 Å². The fraction of sp³-hybridized carbons (Fsp3) is 0.509. The molecule has 72 heavy (non-hydrogen) atoms. The minimum absolute atomic E-state index is 0.0415. The van der Waals surface area contributed by atoms with E-state index in [2.05, 4.69) is 25.9 Å². The van der Waals surface area contributed by atoms with Crippen molar-refractivity contribution in [2.75, 3.05) is 18.5 Å². The minimum atomic E-state index is -1.90. The topological polar surface area (TPSA) is 149 Å². The average Bonchev–Trinajstić information content (AvgIpc) is 3.68. The van der Waals surface area contributed by atoms with E-state index >= 15 is 0 Å². The van der Waals surface area contributed by atoms with Crippen molar-refractivity contribution in [3.63, 3.8) is 0 Å². The van der Waals surface area contributed by atoms with Gasteiger partial charge in [0.05, 0.1) is 45.9 Å². The number of carbonyl (C=O) groups excluding carboxylic acids is 4. The molecule has 8 rings (SSSR count). The second-order valence-electron chi connectivity index (χ2n) is 21.3. The van der Waals surface area contributed by atoms with Gasteiger partial charge in [-0.3, -0.25) is 24.2 Å². The van der Waals surface area contributed by atoms with E-state index in [-0.39, 0.29) is 54.6 Å². The molecular formula is C57H68ClF2N5O6S. The molecule has 15 heteroatoms. The summed E-state index contributed by atoms with van der Waals surface area (Å²) in [4.78, 5) is 63.9. The number of carbonyl (C=O) groups is 4. The molecule has 11 nitrogen and oxygen atoms in total. The van der Waals surface area contributed by atoms with Crippen LogP contribution in [0.5, 0.6) is 11.5 Å². The molecular weight excluding hydrogens is 956 g/mol. The number of halogens is 3. The van der Waals surface area contributed by atoms with Crippen LogP contribution in [0.25, 0.3) is 21.3 Å². The lowest BCUT2D eigenvalue weighted by atomic mass is 9.73. The number of rotatable bonds is 21. The summed E-state index contributed by atoms with van der Waals surface area (Å²) in [6, 6.07) is 17.1. The van der Waals surface area contributed by atoms with E-state index in [1.807, 2.05) is 64.4 Å². The Morgan fingerprint density at radius 2 is 1.58 bits per heavy atom. The number of fused-ring (bicyclic) bond motifs is 1. The molecule has 3 amide bonds. The van der Waals surface area contributed by atoms with E-state index in [0.29, 0.717) is 60.6 Å². The monoisotopic (exact) mass is 1020 g/mol. The molecule has 0 spiro atoms. The van der Waals surface area contributed by atoms with Gasteiger partial charge in [0.2, 0.25) is 11.8 Å². The molecule has 3 aliphatic carbocycles. The van der Waals surface area contributed by atoms with Crippen LogP contribution in [-0.2, 0) is 25.7 Å². The smallest absolute Gasteiger partial charge is 0.258 e. The fourth-order valence-electron chi connectivity index (χ4n) is 10.5. The van der Waals surface area contributed by atoms with E-state index in [1.165, 1.54) is 6.07 Å². The first kappa shape index (κ1) is 52.8. The maximum Gasteiger partial charge on any atom is 0.258 e. The van der Waals surface area contributed by atoms with Crippen LogP contribution in [0.2, 0.25) is 5.02 Å². The summed E-state index contributed by atoms with van der Waals surface area (Å²) < 4.78 is 41.3. The lowest BCUT2D eigenvalue weighted by Crippen LogP contribution is -2.54. The van der Waals surface area contributed by atoms with E-state index in [0.717, 1.165) is 89.5 Å². The maximum atomic E-state index is 14.7. The highest BCUT2D eigenvalue weighted by Gasteiger charge is 2.53. The molecule has 0 aliphatic heterocycles. The lowest BCUT2D eigenvalue weighted by Gasteiger charge is -2.33. The van der Waals surface area contributed by atoms with Crippen molar-refractivity contribution in [3.8, 4) is 21.9 Å². The molecule has 3 saturated carbocycles. The van der Waals surface area contributed by atoms with Gasteiger partial charge in [-0.15, -0.1) is 11.3 Å². The van der Waals surface area contributed by atoms with Crippen LogP contribution in [0, 0.1) is 41.8 Å². The number of aryl methyl sites for hydroxylation is 1. The Kier molecular flexibility index (Phi) is 17.0. The summed E-state index contributed by atoms with van der Waals surface area (Å²) in [7, 11) is 0. The standard InChI is InChI=1S/C57H68ClF2N5O6S/c1-34(36-13-15-37(16-14-36)42-23-26-61-47-22-19-40(59)30-45(42)47)53(67)64-41-20-21-46(58)49(31-41)71-28-9-7-6-8-27-70-48-29-38(51-35(2)63-33-72-51)17-18-39(48)32-62-54(68)44-12-10-11-43(44)50(66)52(56(3,4)5)65-55(69)57(60)24-25-57/h17-23,26,29-31,33-34,36-37,43-44,52H,6-16,24-25,27-28,32H2,1-5H3,(H,62,68)(H,64,67)(H,65,69)/t34-,36?,37?,43?,44-,52-/m1/s1. The predicted octanol–water partition coefficient (Wildman–Crippen LogP) is 12.7. The van der Waals surface area contributed by atoms with Crippen molar-refractivity contribution < 1.29 is 37.4 Å². The Bertz CT molecular complexity index is 2750. The Balaban J connectivity index is 0.786. The summed E-state index contributed by atoms with van der Waals surface area (Å²) in [6.45, 7) is 10.6. The number of hydrogen-bond donors (Lipinski definition) is 3. The number of benzene rings is 3. The SMILES string of the molecule is Cc1ncsc1-c1ccc(CNC(=O)[C@@H]2CCCC2C(=O)[C@@H](NC(=O)C2(F)CC2)C(C)(C)C)c(OCCCCCCOc2cc(NC(=O)[C@H](C)C3CCC(c4ccnc5ccc(F)cc45)CC3)ccc2Cl)c1. The second-order valence-corrected chi connectivity index (χ2v) is 22.6. The number of ketones is 1. The van der Waals surface area contributed by atoms with Gasteiger partial charge in [-0.25, -0.2) is 13.8 Å². The van der Waals surface area contributed by atoms with Crippen molar-refractivity contribution in [2.24, 2.45) is 29.1 Å². The van der Waals surface area contributed by atoms with Crippen LogP contribution >= 0.6 is 22.9 Å². The molecule has 0 bridgehead atoms. The molecule has 3 aliphatic rings. The highest BCUT2D eigenvalue weighted by molar-refractivity contribution is 7.13. The number of anilines is 1.